The number of rotatable bonds is 7. The largest absolute Gasteiger partial charge is 0.503 e. The zero-order valence-corrected chi connectivity index (χ0v) is 34.2. The number of hydrogen-bond donors (Lipinski definition) is 5. The summed E-state index contributed by atoms with van der Waals surface area (Å²) in [7, 11) is 0. The van der Waals surface area contributed by atoms with Crippen LogP contribution in [0.1, 0.15) is 133 Å². The number of fused-ring (bicyclic) bond motifs is 4. The topological polar surface area (TPSA) is 211 Å². The molecule has 1 saturated heterocycles. The van der Waals surface area contributed by atoms with E-state index in [0.717, 1.165) is 51.0 Å². The Hall–Kier alpha value is -4.41. The van der Waals surface area contributed by atoms with E-state index in [1.54, 1.807) is 4.90 Å². The lowest BCUT2D eigenvalue weighted by Crippen LogP contribution is -2.59. The van der Waals surface area contributed by atoms with Crippen molar-refractivity contribution in [3.63, 3.8) is 0 Å². The number of esters is 1. The second-order valence-corrected chi connectivity index (χ2v) is 16.4. The number of aliphatic hydroxyl groups excluding tert-OH is 1. The first-order valence-corrected chi connectivity index (χ1v) is 20.4. The van der Waals surface area contributed by atoms with E-state index in [-0.39, 0.29) is 86.2 Å². The Morgan fingerprint density at radius 2 is 1.66 bits per heavy atom. The number of hydrogen-bond acceptors (Lipinski definition) is 10. The average Bonchev–Trinajstić information content (AvgIpc) is 3.94. The first-order valence-electron chi connectivity index (χ1n) is 20.4. The number of nitrogens with two attached hydrogens (primary N) is 1. The van der Waals surface area contributed by atoms with Crippen molar-refractivity contribution in [2.75, 3.05) is 13.2 Å². The summed E-state index contributed by atoms with van der Waals surface area (Å²) in [5.41, 5.74) is 3.64. The molecular formula is C43H64F2N4O10. The van der Waals surface area contributed by atoms with Crippen LogP contribution in [0.3, 0.4) is 0 Å². The van der Waals surface area contributed by atoms with Crippen molar-refractivity contribution < 1.29 is 52.8 Å². The number of nitrogens with zero attached hydrogens (tertiary/aromatic N) is 2. The second-order valence-electron chi connectivity index (χ2n) is 16.4. The maximum absolute atomic E-state index is 13.8. The van der Waals surface area contributed by atoms with E-state index in [1.165, 1.54) is 23.3 Å². The highest BCUT2D eigenvalue weighted by atomic mass is 19.1. The van der Waals surface area contributed by atoms with Crippen LogP contribution in [-0.2, 0) is 32.2 Å². The third-order valence-corrected chi connectivity index (χ3v) is 11.3. The number of carboxylic acids is 1. The lowest BCUT2D eigenvalue weighted by molar-refractivity contribution is -0.156. The summed E-state index contributed by atoms with van der Waals surface area (Å²) in [6.45, 7) is 10.1. The molecule has 59 heavy (non-hydrogen) atoms. The van der Waals surface area contributed by atoms with Crippen molar-refractivity contribution in [3.8, 4) is 5.75 Å². The van der Waals surface area contributed by atoms with Crippen molar-refractivity contribution >= 4 is 23.8 Å². The molecule has 2 aliphatic heterocycles. The van der Waals surface area contributed by atoms with Gasteiger partial charge in [0, 0.05) is 55.4 Å². The number of nitrogens with one attached hydrogen (secondary N) is 1. The molecule has 2 aromatic rings. The minimum absolute atomic E-state index is 0. The van der Waals surface area contributed by atoms with Crippen LogP contribution in [0.2, 0.25) is 0 Å². The molecule has 6 N–H and O–H groups in total. The summed E-state index contributed by atoms with van der Waals surface area (Å²) in [5.74, 6) is -4.57. The molecule has 1 aromatic carbocycles. The number of aromatic nitrogens is 1. The van der Waals surface area contributed by atoms with Crippen LogP contribution in [0.5, 0.6) is 5.75 Å². The molecule has 330 valence electrons. The Labute approximate surface area is 345 Å². The second kappa shape index (κ2) is 21.7. The number of carbonyl (C=O) groups is 4. The predicted molar refractivity (Wildman–Crippen MR) is 216 cm³/mol. The number of amides is 2. The summed E-state index contributed by atoms with van der Waals surface area (Å²) in [6, 6.07) is 3.22. The summed E-state index contributed by atoms with van der Waals surface area (Å²) in [4.78, 5) is 62.6. The molecule has 4 fully saturated rings. The number of pyridine rings is 1. The number of aromatic hydroxyl groups is 1. The van der Waals surface area contributed by atoms with Gasteiger partial charge in [-0.05, 0) is 77.2 Å². The molecule has 0 unspecified atom stereocenters. The quantitative estimate of drug-likeness (QED) is 0.213. The van der Waals surface area contributed by atoms with E-state index >= 15 is 0 Å². The van der Waals surface area contributed by atoms with Gasteiger partial charge in [-0.2, -0.15) is 0 Å². The van der Waals surface area contributed by atoms with E-state index in [4.69, 9.17) is 25.4 Å². The number of carbonyl (C=O) groups excluding carboxylic acids is 3. The van der Waals surface area contributed by atoms with Gasteiger partial charge in [0.1, 0.15) is 22.8 Å². The maximum Gasteiger partial charge on any atom is 0.306 e. The van der Waals surface area contributed by atoms with Gasteiger partial charge in [-0.3, -0.25) is 24.0 Å². The van der Waals surface area contributed by atoms with Gasteiger partial charge in [0.05, 0.1) is 19.1 Å². The highest BCUT2D eigenvalue weighted by Gasteiger charge is 2.47. The number of aliphatic carboxylic acids is 1. The zero-order chi connectivity index (χ0) is 42.9. The maximum atomic E-state index is 13.8. The fourth-order valence-electron chi connectivity index (χ4n) is 8.43. The summed E-state index contributed by atoms with van der Waals surface area (Å²) >= 11 is 0. The Kier molecular flexibility index (Phi) is 18.0. The molecule has 0 radical (unpaired) electrons. The van der Waals surface area contributed by atoms with E-state index in [0.29, 0.717) is 25.0 Å². The van der Waals surface area contributed by atoms with Crippen LogP contribution in [0.4, 0.5) is 8.78 Å². The molecule has 3 aliphatic carbocycles. The van der Waals surface area contributed by atoms with E-state index in [1.807, 2.05) is 34.6 Å². The zero-order valence-electron chi connectivity index (χ0n) is 34.2. The molecule has 7 atom stereocenters. The lowest BCUT2D eigenvalue weighted by atomic mass is 9.93. The van der Waals surface area contributed by atoms with Crippen molar-refractivity contribution in [3.05, 3.63) is 63.1 Å². The number of halogens is 2. The van der Waals surface area contributed by atoms with Crippen LogP contribution in [0.25, 0.3) is 0 Å². The van der Waals surface area contributed by atoms with Gasteiger partial charge in [0.2, 0.25) is 5.43 Å². The Balaban J connectivity index is 0.000000287. The van der Waals surface area contributed by atoms with E-state index < -0.39 is 52.4 Å². The Bertz CT molecular complexity index is 1830. The standard InChI is InChI=1S/C22H21F2N3O5.C12H20O4.C6H13NO.C2H6.CH4/c23-13-5-4-11(15(24)6-13)7-25-21(30)14-8-26-9-17-27(16-3-1-2-12(16)10-32-17)22(31)18(26)20(29)19(14)28;1-12(2,3)16-10(13)7-8-5-4-6-9(8)11(14)15;7-6-3-1-2-5(6)4-8;1-2;/h4-6,8,12,16-17,29H,1-3,7,9-10H2,(H,25,30);8-9H,4-7H2,1-3H3,(H,14,15);5-6,8H,1-4,7H2;1-2H3;1H4/t12-,16-,17+;8-,9-;5-,6-;;/m010../s1. The van der Waals surface area contributed by atoms with Gasteiger partial charge in [0.25, 0.3) is 11.8 Å². The summed E-state index contributed by atoms with van der Waals surface area (Å²) in [5, 5.41) is 30.6. The third kappa shape index (κ3) is 12.3. The van der Waals surface area contributed by atoms with Gasteiger partial charge in [-0.1, -0.05) is 46.6 Å². The molecule has 2 amide bonds. The van der Waals surface area contributed by atoms with Gasteiger partial charge >= 0.3 is 11.9 Å². The van der Waals surface area contributed by atoms with Crippen molar-refractivity contribution in [2.24, 2.45) is 29.4 Å². The first kappa shape index (κ1) is 49.0. The Morgan fingerprint density at radius 3 is 2.25 bits per heavy atom. The highest BCUT2D eigenvalue weighted by Crippen LogP contribution is 2.39. The molecular weight excluding hydrogens is 770 g/mol. The van der Waals surface area contributed by atoms with Crippen molar-refractivity contribution in [1.82, 2.24) is 14.8 Å². The minimum atomic E-state index is -0.985. The first-order chi connectivity index (χ1) is 27.5. The van der Waals surface area contributed by atoms with Crippen LogP contribution >= 0.6 is 0 Å². The van der Waals surface area contributed by atoms with Crippen LogP contribution in [0.15, 0.2) is 29.2 Å². The average molecular weight is 835 g/mol. The number of ether oxygens (including phenoxy) is 2. The third-order valence-electron chi connectivity index (χ3n) is 11.3. The fourth-order valence-corrected chi connectivity index (χ4v) is 8.43. The van der Waals surface area contributed by atoms with Crippen molar-refractivity contribution in [2.45, 2.75) is 143 Å². The van der Waals surface area contributed by atoms with Crippen molar-refractivity contribution in [1.29, 1.82) is 0 Å². The molecule has 5 aliphatic rings. The molecule has 14 nitrogen and oxygen atoms in total. The predicted octanol–water partition coefficient (Wildman–Crippen LogP) is 5.73. The van der Waals surface area contributed by atoms with Gasteiger partial charge in [-0.15, -0.1) is 0 Å². The number of carboxylic acid groups (broad SMARTS) is 1. The monoisotopic (exact) mass is 834 g/mol. The SMILES string of the molecule is C.CC.CC(C)(C)OC(=O)C[C@H]1CCC[C@H]1C(=O)O.N[C@H]1CCC[C@H]1CO.O=C(NCc1ccc(F)cc1F)c1cn2c(c(O)c1=O)C(=O)N1[C@@H](C2)OC[C@@H]2CCC[C@@H]21. The minimum Gasteiger partial charge on any atom is -0.503 e. The van der Waals surface area contributed by atoms with Gasteiger partial charge in [0.15, 0.2) is 17.7 Å². The normalized spacial score (nSPS) is 25.2. The molecule has 0 bridgehead atoms. The molecule has 7 rings (SSSR count). The van der Waals surface area contributed by atoms with E-state index in [9.17, 15) is 37.9 Å². The van der Waals surface area contributed by atoms with Gasteiger partial charge in [-0.25, -0.2) is 8.78 Å². The Morgan fingerprint density at radius 1 is 1.00 bits per heavy atom. The molecule has 3 saturated carbocycles. The molecule has 3 heterocycles. The van der Waals surface area contributed by atoms with Crippen LogP contribution in [0, 0.1) is 35.3 Å². The number of benzene rings is 1. The lowest BCUT2D eigenvalue weighted by Gasteiger charge is -2.46. The van der Waals surface area contributed by atoms with E-state index in [2.05, 4.69) is 5.32 Å². The van der Waals surface area contributed by atoms with Crippen LogP contribution < -0.4 is 16.5 Å². The summed E-state index contributed by atoms with van der Waals surface area (Å²) in [6.07, 6.45) is 9.53. The fraction of sp³-hybridized carbons (Fsp3) is 0.651. The number of aliphatic hydroxyl groups is 1. The smallest absolute Gasteiger partial charge is 0.306 e. The highest BCUT2D eigenvalue weighted by molar-refractivity contribution is 5.99. The van der Waals surface area contributed by atoms with Crippen LogP contribution in [-0.4, -0.2) is 85.7 Å². The molecule has 0 spiro atoms. The molecule has 1 aromatic heterocycles. The summed E-state index contributed by atoms with van der Waals surface area (Å²) < 4.78 is 39.3. The molecule has 16 heteroatoms. The van der Waals surface area contributed by atoms with Gasteiger partial charge < -0.3 is 45.3 Å².